The first-order valence-corrected chi connectivity index (χ1v) is 6.59. The second-order valence-electron chi connectivity index (χ2n) is 4.77. The van der Waals surface area contributed by atoms with Gasteiger partial charge in [0, 0.05) is 26.2 Å². The van der Waals surface area contributed by atoms with Gasteiger partial charge >= 0.3 is 5.69 Å². The van der Waals surface area contributed by atoms with Gasteiger partial charge in [0.2, 0.25) is 5.82 Å². The zero-order valence-electron chi connectivity index (χ0n) is 11.5. The van der Waals surface area contributed by atoms with Gasteiger partial charge in [-0.3, -0.25) is 14.9 Å². The van der Waals surface area contributed by atoms with E-state index in [9.17, 15) is 23.7 Å². The van der Waals surface area contributed by atoms with Gasteiger partial charge < -0.3 is 9.80 Å². The Kier molecular flexibility index (Phi) is 4.46. The molecule has 0 radical (unpaired) electrons. The summed E-state index contributed by atoms with van der Waals surface area (Å²) in [5, 5.41) is 10.5. The van der Waals surface area contributed by atoms with Crippen molar-refractivity contribution in [3.05, 3.63) is 39.4 Å². The quantitative estimate of drug-likeness (QED) is 0.629. The van der Waals surface area contributed by atoms with Gasteiger partial charge in [-0.25, -0.2) is 4.39 Å². The molecule has 1 saturated heterocycles. The number of benzene rings is 1. The van der Waals surface area contributed by atoms with E-state index in [0.29, 0.717) is 38.3 Å². The average molecular weight is 299 g/mol. The summed E-state index contributed by atoms with van der Waals surface area (Å²) in [7, 11) is 0. The summed E-state index contributed by atoms with van der Waals surface area (Å²) in [4.78, 5) is 25.2. The second-order valence-corrected chi connectivity index (χ2v) is 4.77. The van der Waals surface area contributed by atoms with E-state index in [4.69, 9.17) is 0 Å². The van der Waals surface area contributed by atoms with Crippen LogP contribution in [0.1, 0.15) is 17.3 Å². The van der Waals surface area contributed by atoms with E-state index in [1.54, 1.807) is 0 Å². The molecule has 21 heavy (non-hydrogen) atoms. The lowest BCUT2D eigenvalue weighted by Gasteiger charge is -2.34. The Morgan fingerprint density at radius 1 is 1.24 bits per heavy atom. The standard InChI is InChI=1S/C13H15F2N3O3/c1-2-16-3-5-17(6-4-16)13(19)9-7-11(15)12(18(20)21)8-10(9)14/h7-8H,2-6H2,1H3. The van der Waals surface area contributed by atoms with E-state index in [-0.39, 0.29) is 0 Å². The minimum Gasteiger partial charge on any atom is -0.336 e. The highest BCUT2D eigenvalue weighted by molar-refractivity contribution is 5.94. The van der Waals surface area contributed by atoms with Crippen LogP contribution in [0.5, 0.6) is 0 Å². The summed E-state index contributed by atoms with van der Waals surface area (Å²) in [5.41, 5.74) is -1.44. The number of amides is 1. The molecule has 1 aromatic rings. The number of nitro benzene ring substituents is 1. The fourth-order valence-corrected chi connectivity index (χ4v) is 2.28. The van der Waals surface area contributed by atoms with Gasteiger partial charge in [0.25, 0.3) is 5.91 Å². The fourth-order valence-electron chi connectivity index (χ4n) is 2.28. The van der Waals surface area contributed by atoms with E-state index in [0.717, 1.165) is 6.54 Å². The number of nitrogens with zero attached hydrogens (tertiary/aromatic N) is 3. The highest BCUT2D eigenvalue weighted by atomic mass is 19.1. The topological polar surface area (TPSA) is 66.7 Å². The van der Waals surface area contributed by atoms with Crippen molar-refractivity contribution in [1.82, 2.24) is 9.80 Å². The smallest absolute Gasteiger partial charge is 0.307 e. The summed E-state index contributed by atoms with van der Waals surface area (Å²) in [5.74, 6) is -2.93. The number of rotatable bonds is 3. The van der Waals surface area contributed by atoms with Gasteiger partial charge in [-0.05, 0) is 12.6 Å². The van der Waals surface area contributed by atoms with Gasteiger partial charge in [0.15, 0.2) is 0 Å². The molecule has 1 aliphatic heterocycles. The van der Waals surface area contributed by atoms with Gasteiger partial charge in [-0.15, -0.1) is 0 Å². The van der Waals surface area contributed by atoms with Crippen LogP contribution in [0, 0.1) is 21.7 Å². The van der Waals surface area contributed by atoms with Crippen molar-refractivity contribution in [3.63, 3.8) is 0 Å². The fraction of sp³-hybridized carbons (Fsp3) is 0.462. The van der Waals surface area contributed by atoms with Crippen LogP contribution in [-0.2, 0) is 0 Å². The maximum Gasteiger partial charge on any atom is 0.307 e. The highest BCUT2D eigenvalue weighted by Gasteiger charge is 2.27. The Hall–Kier alpha value is -2.09. The molecule has 6 nitrogen and oxygen atoms in total. The molecule has 2 rings (SSSR count). The minimum absolute atomic E-state index is 0.421. The lowest BCUT2D eigenvalue weighted by atomic mass is 10.1. The largest absolute Gasteiger partial charge is 0.336 e. The first-order chi connectivity index (χ1) is 9.93. The molecule has 0 atom stereocenters. The van der Waals surface area contributed by atoms with Gasteiger partial charge in [-0.1, -0.05) is 6.92 Å². The summed E-state index contributed by atoms with van der Waals surface area (Å²) in [6.45, 7) is 5.04. The summed E-state index contributed by atoms with van der Waals surface area (Å²) in [6.07, 6.45) is 0. The zero-order chi connectivity index (χ0) is 15.6. The molecule has 1 fully saturated rings. The number of halogens is 2. The van der Waals surface area contributed by atoms with Crippen molar-refractivity contribution < 1.29 is 18.5 Å². The molecular formula is C13H15F2N3O3. The Morgan fingerprint density at radius 3 is 2.38 bits per heavy atom. The van der Waals surface area contributed by atoms with Crippen molar-refractivity contribution in [2.24, 2.45) is 0 Å². The number of likely N-dealkylation sites (N-methyl/N-ethyl adjacent to an activating group) is 1. The molecule has 1 heterocycles. The van der Waals surface area contributed by atoms with Crippen LogP contribution in [0.4, 0.5) is 14.5 Å². The van der Waals surface area contributed by atoms with Crippen LogP contribution in [0.25, 0.3) is 0 Å². The minimum atomic E-state index is -1.21. The molecule has 0 N–H and O–H groups in total. The number of carbonyl (C=O) groups is 1. The van der Waals surface area contributed by atoms with Crippen LogP contribution in [-0.4, -0.2) is 53.4 Å². The molecule has 0 spiro atoms. The summed E-state index contributed by atoms with van der Waals surface area (Å²) >= 11 is 0. The molecule has 8 heteroatoms. The normalized spacial score (nSPS) is 16.0. The Bertz CT molecular complexity index is 572. The van der Waals surface area contributed by atoms with Crippen LogP contribution in [0.3, 0.4) is 0 Å². The van der Waals surface area contributed by atoms with E-state index >= 15 is 0 Å². The van der Waals surface area contributed by atoms with Gasteiger partial charge in [0.1, 0.15) is 5.82 Å². The predicted octanol–water partition coefficient (Wildman–Crippen LogP) is 1.65. The molecule has 0 aromatic heterocycles. The zero-order valence-corrected chi connectivity index (χ0v) is 11.5. The Balaban J connectivity index is 2.20. The van der Waals surface area contributed by atoms with Crippen molar-refractivity contribution in [1.29, 1.82) is 0 Å². The summed E-state index contributed by atoms with van der Waals surface area (Å²) < 4.78 is 27.3. The van der Waals surface area contributed by atoms with Crippen molar-refractivity contribution in [2.45, 2.75) is 6.92 Å². The van der Waals surface area contributed by atoms with Crippen molar-refractivity contribution in [2.75, 3.05) is 32.7 Å². The van der Waals surface area contributed by atoms with E-state index < -0.39 is 33.7 Å². The lowest BCUT2D eigenvalue weighted by Crippen LogP contribution is -2.48. The SMILES string of the molecule is CCN1CCN(C(=O)c2cc(F)c([N+](=O)[O-])cc2F)CC1. The van der Waals surface area contributed by atoms with Crippen molar-refractivity contribution >= 4 is 11.6 Å². The third kappa shape index (κ3) is 3.15. The maximum absolute atomic E-state index is 13.8. The number of hydrogen-bond acceptors (Lipinski definition) is 4. The molecule has 1 aliphatic rings. The van der Waals surface area contributed by atoms with E-state index in [2.05, 4.69) is 4.90 Å². The number of hydrogen-bond donors (Lipinski definition) is 0. The molecule has 0 unspecified atom stereocenters. The maximum atomic E-state index is 13.8. The molecule has 114 valence electrons. The van der Waals surface area contributed by atoms with E-state index in [1.807, 2.05) is 6.92 Å². The Labute approximate surface area is 120 Å². The third-order valence-electron chi connectivity index (χ3n) is 3.57. The molecule has 0 saturated carbocycles. The molecule has 1 amide bonds. The molecular weight excluding hydrogens is 284 g/mol. The van der Waals surface area contributed by atoms with Crippen LogP contribution < -0.4 is 0 Å². The summed E-state index contributed by atoms with van der Waals surface area (Å²) in [6, 6.07) is 1.05. The van der Waals surface area contributed by atoms with Gasteiger partial charge in [-0.2, -0.15) is 4.39 Å². The van der Waals surface area contributed by atoms with Gasteiger partial charge in [0.05, 0.1) is 16.6 Å². The van der Waals surface area contributed by atoms with E-state index in [1.165, 1.54) is 4.90 Å². The second kappa shape index (κ2) is 6.13. The highest BCUT2D eigenvalue weighted by Crippen LogP contribution is 2.22. The number of nitro groups is 1. The predicted molar refractivity (Wildman–Crippen MR) is 71.0 cm³/mol. The molecule has 1 aromatic carbocycles. The monoisotopic (exact) mass is 299 g/mol. The average Bonchev–Trinajstić information content (AvgIpc) is 2.48. The molecule has 0 bridgehead atoms. The first kappa shape index (κ1) is 15.3. The number of piperazine rings is 1. The van der Waals surface area contributed by atoms with Crippen LogP contribution in [0.15, 0.2) is 12.1 Å². The van der Waals surface area contributed by atoms with Crippen molar-refractivity contribution in [3.8, 4) is 0 Å². The van der Waals surface area contributed by atoms with Crippen LogP contribution >= 0.6 is 0 Å². The molecule has 0 aliphatic carbocycles. The lowest BCUT2D eigenvalue weighted by molar-refractivity contribution is -0.387. The Morgan fingerprint density at radius 2 is 1.86 bits per heavy atom. The third-order valence-corrected chi connectivity index (χ3v) is 3.57. The van der Waals surface area contributed by atoms with Crippen LogP contribution in [0.2, 0.25) is 0 Å². The first-order valence-electron chi connectivity index (χ1n) is 6.59. The number of carbonyl (C=O) groups excluding carboxylic acids is 1.